The fraction of sp³-hybridized carbons (Fsp3) is 0.278. The van der Waals surface area contributed by atoms with Crippen LogP contribution in [0.2, 0.25) is 0 Å². The summed E-state index contributed by atoms with van der Waals surface area (Å²) < 4.78 is 13.2. The zero-order valence-corrected chi connectivity index (χ0v) is 12.7. The molecule has 0 saturated heterocycles. The molecule has 1 amide bonds. The SMILES string of the molecule is CC[C@H](C)N1C(=O)c2ccccc2N[C@H]1c1ccc(F)cc1. The van der Waals surface area contributed by atoms with Crippen molar-refractivity contribution in [3.05, 3.63) is 65.5 Å². The topological polar surface area (TPSA) is 32.3 Å². The molecule has 1 heterocycles. The van der Waals surface area contributed by atoms with Crippen LogP contribution >= 0.6 is 0 Å². The van der Waals surface area contributed by atoms with E-state index < -0.39 is 0 Å². The first-order valence-electron chi connectivity index (χ1n) is 7.55. The average Bonchev–Trinajstić information content (AvgIpc) is 2.55. The van der Waals surface area contributed by atoms with E-state index in [0.29, 0.717) is 5.56 Å². The molecule has 2 aromatic carbocycles. The summed E-state index contributed by atoms with van der Waals surface area (Å²) in [5.41, 5.74) is 2.38. The number of para-hydroxylation sites is 1. The second-order valence-corrected chi connectivity index (χ2v) is 5.61. The van der Waals surface area contributed by atoms with E-state index in [-0.39, 0.29) is 23.9 Å². The van der Waals surface area contributed by atoms with Crippen LogP contribution in [0, 0.1) is 5.82 Å². The van der Waals surface area contributed by atoms with Gasteiger partial charge in [-0.3, -0.25) is 4.79 Å². The Kier molecular flexibility index (Phi) is 3.84. The van der Waals surface area contributed by atoms with Crippen LogP contribution in [0.3, 0.4) is 0 Å². The molecule has 22 heavy (non-hydrogen) atoms. The summed E-state index contributed by atoms with van der Waals surface area (Å²) in [7, 11) is 0. The largest absolute Gasteiger partial charge is 0.361 e. The molecule has 0 aliphatic carbocycles. The van der Waals surface area contributed by atoms with Gasteiger partial charge < -0.3 is 10.2 Å². The molecule has 4 heteroatoms. The molecule has 3 rings (SSSR count). The minimum Gasteiger partial charge on any atom is -0.361 e. The van der Waals surface area contributed by atoms with Crippen molar-refractivity contribution in [1.29, 1.82) is 0 Å². The Labute approximate surface area is 129 Å². The maximum atomic E-state index is 13.2. The molecule has 0 radical (unpaired) electrons. The van der Waals surface area contributed by atoms with Gasteiger partial charge in [0.25, 0.3) is 5.91 Å². The van der Waals surface area contributed by atoms with Crippen molar-refractivity contribution in [1.82, 2.24) is 4.90 Å². The summed E-state index contributed by atoms with van der Waals surface area (Å²) in [5, 5.41) is 3.41. The van der Waals surface area contributed by atoms with Crippen molar-refractivity contribution in [3.63, 3.8) is 0 Å². The second kappa shape index (κ2) is 5.79. The highest BCUT2D eigenvalue weighted by Crippen LogP contribution is 2.34. The number of nitrogens with zero attached hydrogens (tertiary/aromatic N) is 1. The number of amides is 1. The van der Waals surface area contributed by atoms with Crippen LogP contribution < -0.4 is 5.32 Å². The quantitative estimate of drug-likeness (QED) is 0.921. The van der Waals surface area contributed by atoms with E-state index in [9.17, 15) is 9.18 Å². The van der Waals surface area contributed by atoms with Gasteiger partial charge in [-0.25, -0.2) is 4.39 Å². The van der Waals surface area contributed by atoms with Crippen LogP contribution in [0.25, 0.3) is 0 Å². The van der Waals surface area contributed by atoms with Gasteiger partial charge in [0.1, 0.15) is 12.0 Å². The molecular formula is C18H19FN2O. The molecule has 0 spiro atoms. The van der Waals surface area contributed by atoms with E-state index in [1.165, 1.54) is 12.1 Å². The lowest BCUT2D eigenvalue weighted by molar-refractivity contribution is 0.0593. The Balaban J connectivity index is 2.06. The normalized spacial score (nSPS) is 18.6. The number of benzene rings is 2. The third-order valence-electron chi connectivity index (χ3n) is 4.21. The summed E-state index contributed by atoms with van der Waals surface area (Å²) in [6.45, 7) is 4.09. The Morgan fingerprint density at radius 2 is 1.86 bits per heavy atom. The van der Waals surface area contributed by atoms with Crippen LogP contribution in [-0.2, 0) is 0 Å². The first kappa shape index (κ1) is 14.6. The monoisotopic (exact) mass is 298 g/mol. The molecular weight excluding hydrogens is 279 g/mol. The van der Waals surface area contributed by atoms with E-state index in [1.807, 2.05) is 36.1 Å². The van der Waals surface area contributed by atoms with Gasteiger partial charge in [-0.15, -0.1) is 0 Å². The van der Waals surface area contributed by atoms with Crippen LogP contribution in [0.1, 0.15) is 42.4 Å². The van der Waals surface area contributed by atoms with Crippen molar-refractivity contribution < 1.29 is 9.18 Å². The number of nitrogens with one attached hydrogen (secondary N) is 1. The molecule has 0 aromatic heterocycles. The molecule has 114 valence electrons. The lowest BCUT2D eigenvalue weighted by Crippen LogP contribution is -2.47. The minimum absolute atomic E-state index is 0.0121. The van der Waals surface area contributed by atoms with E-state index in [1.54, 1.807) is 12.1 Å². The molecule has 1 N–H and O–H groups in total. The van der Waals surface area contributed by atoms with Gasteiger partial charge in [0.05, 0.1) is 5.56 Å². The summed E-state index contributed by atoms with van der Waals surface area (Å²) in [5.74, 6) is -0.264. The zero-order chi connectivity index (χ0) is 15.7. The highest BCUT2D eigenvalue weighted by atomic mass is 19.1. The van der Waals surface area contributed by atoms with Crippen LogP contribution in [0.5, 0.6) is 0 Å². The highest BCUT2D eigenvalue weighted by molar-refractivity contribution is 6.01. The lowest BCUT2D eigenvalue weighted by atomic mass is 10.0. The number of rotatable bonds is 3. The second-order valence-electron chi connectivity index (χ2n) is 5.61. The first-order valence-corrected chi connectivity index (χ1v) is 7.55. The van der Waals surface area contributed by atoms with Gasteiger partial charge in [0, 0.05) is 11.7 Å². The average molecular weight is 298 g/mol. The number of carbonyl (C=O) groups excluding carboxylic acids is 1. The smallest absolute Gasteiger partial charge is 0.258 e. The maximum absolute atomic E-state index is 13.2. The van der Waals surface area contributed by atoms with Gasteiger partial charge in [-0.05, 0) is 43.2 Å². The predicted octanol–water partition coefficient (Wildman–Crippen LogP) is 4.19. The summed E-state index contributed by atoms with van der Waals surface area (Å²) in [4.78, 5) is 14.7. The molecule has 2 aromatic rings. The third-order valence-corrected chi connectivity index (χ3v) is 4.21. The van der Waals surface area contributed by atoms with Crippen molar-refractivity contribution in [3.8, 4) is 0 Å². The lowest BCUT2D eigenvalue weighted by Gasteiger charge is -2.41. The van der Waals surface area contributed by atoms with Crippen molar-refractivity contribution >= 4 is 11.6 Å². The molecule has 1 aliphatic heterocycles. The molecule has 0 unspecified atom stereocenters. The predicted molar refractivity (Wildman–Crippen MR) is 85.1 cm³/mol. The van der Waals surface area contributed by atoms with Gasteiger partial charge in [-0.1, -0.05) is 31.2 Å². The van der Waals surface area contributed by atoms with Gasteiger partial charge in [0.2, 0.25) is 0 Å². The molecule has 3 nitrogen and oxygen atoms in total. The molecule has 0 bridgehead atoms. The van der Waals surface area contributed by atoms with Gasteiger partial charge >= 0.3 is 0 Å². The Hall–Kier alpha value is -2.36. The van der Waals surface area contributed by atoms with Crippen molar-refractivity contribution in [2.45, 2.75) is 32.5 Å². The fourth-order valence-corrected chi connectivity index (χ4v) is 2.81. The Bertz CT molecular complexity index is 684. The van der Waals surface area contributed by atoms with Gasteiger partial charge in [-0.2, -0.15) is 0 Å². The fourth-order valence-electron chi connectivity index (χ4n) is 2.81. The number of halogens is 1. The van der Waals surface area contributed by atoms with Crippen LogP contribution in [0.15, 0.2) is 48.5 Å². The number of fused-ring (bicyclic) bond motifs is 1. The van der Waals surface area contributed by atoms with E-state index in [4.69, 9.17) is 0 Å². The van der Waals surface area contributed by atoms with Crippen molar-refractivity contribution in [2.75, 3.05) is 5.32 Å². The van der Waals surface area contributed by atoms with E-state index in [0.717, 1.165) is 17.7 Å². The standard InChI is InChI=1S/C18H19FN2O/c1-3-12(2)21-17(13-8-10-14(19)11-9-13)20-16-7-5-4-6-15(16)18(21)22/h4-12,17,20H,3H2,1-2H3/t12-,17+/m0/s1. The maximum Gasteiger partial charge on any atom is 0.258 e. The van der Waals surface area contributed by atoms with Gasteiger partial charge in [0.15, 0.2) is 0 Å². The molecule has 1 aliphatic rings. The Morgan fingerprint density at radius 1 is 1.18 bits per heavy atom. The number of hydrogen-bond acceptors (Lipinski definition) is 2. The molecule has 0 fully saturated rings. The van der Waals surface area contributed by atoms with Crippen molar-refractivity contribution in [2.24, 2.45) is 0 Å². The number of anilines is 1. The summed E-state index contributed by atoms with van der Waals surface area (Å²) in [6.07, 6.45) is 0.575. The van der Waals surface area contributed by atoms with E-state index >= 15 is 0 Å². The van der Waals surface area contributed by atoms with E-state index in [2.05, 4.69) is 12.2 Å². The third kappa shape index (κ3) is 2.45. The summed E-state index contributed by atoms with van der Waals surface area (Å²) in [6, 6.07) is 13.9. The van der Waals surface area contributed by atoms with Crippen LogP contribution in [-0.4, -0.2) is 16.8 Å². The first-order chi connectivity index (χ1) is 10.6. The zero-order valence-electron chi connectivity index (χ0n) is 12.7. The number of hydrogen-bond donors (Lipinski definition) is 1. The number of carbonyl (C=O) groups is 1. The highest BCUT2D eigenvalue weighted by Gasteiger charge is 2.35. The summed E-state index contributed by atoms with van der Waals surface area (Å²) >= 11 is 0. The molecule has 2 atom stereocenters. The Morgan fingerprint density at radius 3 is 2.55 bits per heavy atom. The van der Waals surface area contributed by atoms with Crippen LogP contribution in [0.4, 0.5) is 10.1 Å². The molecule has 0 saturated carbocycles. The minimum atomic E-state index is -0.280.